The summed E-state index contributed by atoms with van der Waals surface area (Å²) in [6, 6.07) is 8.02. The number of halogens is 1. The number of carbonyl (C=O) groups excluding carboxylic acids is 1. The van der Waals surface area contributed by atoms with Crippen LogP contribution in [0.3, 0.4) is 0 Å². The summed E-state index contributed by atoms with van der Waals surface area (Å²) in [5.74, 6) is 0.0424. The number of amides is 1. The summed E-state index contributed by atoms with van der Waals surface area (Å²) in [6.45, 7) is 1.95. The first-order chi connectivity index (χ1) is 10.6. The highest BCUT2D eigenvalue weighted by molar-refractivity contribution is 9.10. The van der Waals surface area contributed by atoms with Gasteiger partial charge in [-0.25, -0.2) is 0 Å². The van der Waals surface area contributed by atoms with Crippen LogP contribution < -0.4 is 10.6 Å². The lowest BCUT2D eigenvalue weighted by Gasteiger charge is -2.27. The van der Waals surface area contributed by atoms with Crippen molar-refractivity contribution in [3.05, 3.63) is 50.3 Å². The third-order valence-electron chi connectivity index (χ3n) is 4.21. The molecule has 0 saturated carbocycles. The van der Waals surface area contributed by atoms with Gasteiger partial charge in [0, 0.05) is 22.4 Å². The van der Waals surface area contributed by atoms with Crippen LogP contribution in [0.5, 0.6) is 0 Å². The van der Waals surface area contributed by atoms with E-state index in [4.69, 9.17) is 0 Å². The SMILES string of the molecule is CN1CCc2c(sc3c2C(=O)N[C@@H](c2cccc(Br)c2)N3)C1. The van der Waals surface area contributed by atoms with E-state index in [9.17, 15) is 4.79 Å². The lowest BCUT2D eigenvalue weighted by molar-refractivity contribution is 0.0935. The van der Waals surface area contributed by atoms with Crippen molar-refractivity contribution in [3.8, 4) is 0 Å². The molecule has 2 N–H and O–H groups in total. The van der Waals surface area contributed by atoms with Gasteiger partial charge < -0.3 is 15.5 Å². The fraction of sp³-hybridized carbons (Fsp3) is 0.312. The quantitative estimate of drug-likeness (QED) is 0.800. The highest BCUT2D eigenvalue weighted by atomic mass is 79.9. The van der Waals surface area contributed by atoms with Crippen LogP contribution in [-0.2, 0) is 13.0 Å². The maximum atomic E-state index is 12.6. The number of likely N-dealkylation sites (N-methyl/N-ethyl adjacent to an activating group) is 1. The molecule has 22 heavy (non-hydrogen) atoms. The zero-order valence-corrected chi connectivity index (χ0v) is 14.6. The fourth-order valence-electron chi connectivity index (χ4n) is 3.10. The van der Waals surface area contributed by atoms with E-state index in [0.29, 0.717) is 0 Å². The molecule has 0 spiro atoms. The number of nitrogens with zero attached hydrogens (tertiary/aromatic N) is 1. The smallest absolute Gasteiger partial charge is 0.256 e. The third-order valence-corrected chi connectivity index (χ3v) is 5.85. The van der Waals surface area contributed by atoms with Gasteiger partial charge in [0.2, 0.25) is 0 Å². The molecule has 1 aromatic heterocycles. The fourth-order valence-corrected chi connectivity index (χ4v) is 4.87. The van der Waals surface area contributed by atoms with Gasteiger partial charge >= 0.3 is 0 Å². The minimum absolute atomic E-state index is 0.0424. The van der Waals surface area contributed by atoms with E-state index in [1.54, 1.807) is 11.3 Å². The minimum Gasteiger partial charge on any atom is -0.353 e. The summed E-state index contributed by atoms with van der Waals surface area (Å²) in [5.41, 5.74) is 3.15. The summed E-state index contributed by atoms with van der Waals surface area (Å²) in [7, 11) is 2.12. The zero-order valence-electron chi connectivity index (χ0n) is 12.1. The maximum absolute atomic E-state index is 12.6. The molecule has 0 saturated heterocycles. The van der Waals surface area contributed by atoms with Crippen molar-refractivity contribution in [3.63, 3.8) is 0 Å². The van der Waals surface area contributed by atoms with E-state index in [0.717, 1.165) is 40.1 Å². The molecule has 2 aliphatic rings. The summed E-state index contributed by atoms with van der Waals surface area (Å²) in [6.07, 6.45) is 0.782. The molecule has 1 amide bonds. The molecule has 4 rings (SSSR count). The van der Waals surface area contributed by atoms with Crippen LogP contribution in [0.2, 0.25) is 0 Å². The van der Waals surface area contributed by atoms with Gasteiger partial charge in [-0.15, -0.1) is 11.3 Å². The molecular weight excluding hydrogens is 362 g/mol. The number of fused-ring (bicyclic) bond motifs is 3. The number of anilines is 1. The molecule has 0 aliphatic carbocycles. The average molecular weight is 378 g/mol. The Kier molecular flexibility index (Phi) is 3.47. The number of nitrogens with one attached hydrogen (secondary N) is 2. The van der Waals surface area contributed by atoms with Crippen LogP contribution in [-0.4, -0.2) is 24.4 Å². The third kappa shape index (κ3) is 2.35. The average Bonchev–Trinajstić information content (AvgIpc) is 2.84. The first-order valence-electron chi connectivity index (χ1n) is 7.28. The van der Waals surface area contributed by atoms with E-state index in [1.165, 1.54) is 10.4 Å². The molecule has 3 heterocycles. The monoisotopic (exact) mass is 377 g/mol. The second-order valence-electron chi connectivity index (χ2n) is 5.80. The summed E-state index contributed by atoms with van der Waals surface area (Å²) < 4.78 is 1.01. The van der Waals surface area contributed by atoms with Gasteiger partial charge in [-0.05, 0) is 36.7 Å². The van der Waals surface area contributed by atoms with Crippen molar-refractivity contribution in [2.45, 2.75) is 19.1 Å². The van der Waals surface area contributed by atoms with Crippen molar-refractivity contribution in [1.29, 1.82) is 0 Å². The molecule has 0 unspecified atom stereocenters. The van der Waals surface area contributed by atoms with Crippen molar-refractivity contribution in [2.75, 3.05) is 18.9 Å². The Morgan fingerprint density at radius 2 is 2.23 bits per heavy atom. The van der Waals surface area contributed by atoms with Gasteiger partial charge in [-0.2, -0.15) is 0 Å². The van der Waals surface area contributed by atoms with E-state index in [2.05, 4.69) is 38.5 Å². The summed E-state index contributed by atoms with van der Waals surface area (Å²) in [5, 5.41) is 7.58. The Morgan fingerprint density at radius 3 is 3.05 bits per heavy atom. The standard InChI is InChI=1S/C16H16BrN3OS/c1-20-6-5-11-12(8-20)22-16-13(11)15(21)18-14(19-16)9-3-2-4-10(17)7-9/h2-4,7,14,19H,5-6,8H2,1H3,(H,18,21)/t14-/m1/s1. The molecule has 0 fully saturated rings. The number of carbonyl (C=O) groups is 1. The van der Waals surface area contributed by atoms with Crippen LogP contribution in [0.15, 0.2) is 28.7 Å². The van der Waals surface area contributed by atoms with Gasteiger partial charge in [0.25, 0.3) is 5.91 Å². The highest BCUT2D eigenvalue weighted by Gasteiger charge is 2.32. The minimum atomic E-state index is -0.171. The molecule has 2 aliphatic heterocycles. The Balaban J connectivity index is 1.71. The predicted molar refractivity (Wildman–Crippen MR) is 92.3 cm³/mol. The van der Waals surface area contributed by atoms with Crippen molar-refractivity contribution < 1.29 is 4.79 Å². The molecule has 0 radical (unpaired) electrons. The normalized spacial score (nSPS) is 20.8. The second kappa shape index (κ2) is 5.37. The van der Waals surface area contributed by atoms with E-state index >= 15 is 0 Å². The van der Waals surface area contributed by atoms with E-state index < -0.39 is 0 Å². The lowest BCUT2D eigenvalue weighted by Crippen LogP contribution is -2.38. The number of rotatable bonds is 1. The molecule has 6 heteroatoms. The zero-order chi connectivity index (χ0) is 15.3. The largest absolute Gasteiger partial charge is 0.353 e. The van der Waals surface area contributed by atoms with Gasteiger partial charge in [-0.3, -0.25) is 4.79 Å². The first-order valence-corrected chi connectivity index (χ1v) is 8.89. The van der Waals surface area contributed by atoms with Crippen LogP contribution >= 0.6 is 27.3 Å². The molecule has 2 aromatic rings. The molecule has 1 aromatic carbocycles. The van der Waals surface area contributed by atoms with E-state index in [1.807, 2.05) is 24.3 Å². The number of hydrogen-bond donors (Lipinski definition) is 2. The van der Waals surface area contributed by atoms with Crippen molar-refractivity contribution in [1.82, 2.24) is 10.2 Å². The van der Waals surface area contributed by atoms with Crippen LogP contribution in [0, 0.1) is 0 Å². The second-order valence-corrected chi connectivity index (χ2v) is 7.82. The Bertz CT molecular complexity index is 758. The molecule has 4 nitrogen and oxygen atoms in total. The molecule has 0 bridgehead atoms. The number of benzene rings is 1. The lowest BCUT2D eigenvalue weighted by atomic mass is 10.0. The Morgan fingerprint density at radius 1 is 1.36 bits per heavy atom. The molecule has 1 atom stereocenters. The Labute approximate surface area is 141 Å². The van der Waals surface area contributed by atoms with E-state index in [-0.39, 0.29) is 12.1 Å². The summed E-state index contributed by atoms with van der Waals surface area (Å²) in [4.78, 5) is 16.2. The summed E-state index contributed by atoms with van der Waals surface area (Å²) >= 11 is 5.21. The van der Waals surface area contributed by atoms with Gasteiger partial charge in [-0.1, -0.05) is 28.1 Å². The first kappa shape index (κ1) is 14.2. The van der Waals surface area contributed by atoms with Gasteiger partial charge in [0.05, 0.1) is 5.56 Å². The molecular formula is C16H16BrN3OS. The Hall–Kier alpha value is -1.37. The topological polar surface area (TPSA) is 44.4 Å². The van der Waals surface area contributed by atoms with Crippen molar-refractivity contribution >= 4 is 38.2 Å². The van der Waals surface area contributed by atoms with Crippen molar-refractivity contribution in [2.24, 2.45) is 0 Å². The predicted octanol–water partition coefficient (Wildman–Crippen LogP) is 3.35. The van der Waals surface area contributed by atoms with Crippen LogP contribution in [0.25, 0.3) is 0 Å². The van der Waals surface area contributed by atoms with Gasteiger partial charge in [0.1, 0.15) is 11.2 Å². The van der Waals surface area contributed by atoms with Gasteiger partial charge in [0.15, 0.2) is 0 Å². The number of thiophene rings is 1. The highest BCUT2D eigenvalue weighted by Crippen LogP contribution is 2.40. The van der Waals surface area contributed by atoms with Crippen LogP contribution in [0.4, 0.5) is 5.00 Å². The molecule has 114 valence electrons. The number of hydrogen-bond acceptors (Lipinski definition) is 4. The maximum Gasteiger partial charge on any atom is 0.256 e. The van der Waals surface area contributed by atoms with Crippen LogP contribution in [0.1, 0.15) is 32.5 Å².